The molecule has 4 rings (SSSR count). The molecule has 0 unspecified atom stereocenters. The van der Waals surface area contributed by atoms with Gasteiger partial charge in [0.1, 0.15) is 17.2 Å². The van der Waals surface area contributed by atoms with Crippen LogP contribution in [0, 0.1) is 0 Å². The van der Waals surface area contributed by atoms with Gasteiger partial charge in [0.2, 0.25) is 0 Å². The number of benzene rings is 4. The van der Waals surface area contributed by atoms with Crippen LogP contribution in [0.15, 0.2) is 88.7 Å². The molecular formula is C24H18ClNO6S2. The van der Waals surface area contributed by atoms with Crippen LogP contribution in [-0.2, 0) is 14.8 Å². The molecule has 7 nitrogen and oxygen atoms in total. The fourth-order valence-corrected chi connectivity index (χ4v) is 5.12. The van der Waals surface area contributed by atoms with Crippen LogP contribution in [-0.4, -0.2) is 30.4 Å². The number of anilines is 1. The first kappa shape index (κ1) is 23.7. The van der Waals surface area contributed by atoms with Gasteiger partial charge < -0.3 is 14.9 Å². The van der Waals surface area contributed by atoms with Crippen molar-refractivity contribution in [1.29, 1.82) is 0 Å². The maximum Gasteiger partial charge on any atom is 0.313 e. The van der Waals surface area contributed by atoms with Crippen molar-refractivity contribution >= 4 is 55.8 Å². The van der Waals surface area contributed by atoms with E-state index in [4.69, 9.17) is 21.4 Å². The average Bonchev–Trinajstić information content (AvgIpc) is 2.82. The molecule has 0 heterocycles. The van der Waals surface area contributed by atoms with E-state index in [1.54, 1.807) is 48.5 Å². The summed E-state index contributed by atoms with van der Waals surface area (Å²) >= 11 is 6.77. The Labute approximate surface area is 205 Å². The number of nitrogens with one attached hydrogen (secondary N) is 1. The maximum atomic E-state index is 13.1. The third-order valence-corrected chi connectivity index (χ3v) is 7.41. The molecule has 0 radical (unpaired) electrons. The summed E-state index contributed by atoms with van der Waals surface area (Å²) in [6.45, 7) is 0. The highest BCUT2D eigenvalue weighted by Gasteiger charge is 2.19. The predicted molar refractivity (Wildman–Crippen MR) is 133 cm³/mol. The van der Waals surface area contributed by atoms with Gasteiger partial charge in [-0.2, -0.15) is 0 Å². The predicted octanol–water partition coefficient (Wildman–Crippen LogP) is 5.97. The van der Waals surface area contributed by atoms with Crippen molar-refractivity contribution < 1.29 is 28.2 Å². The van der Waals surface area contributed by atoms with Crippen molar-refractivity contribution in [2.24, 2.45) is 0 Å². The van der Waals surface area contributed by atoms with Crippen molar-refractivity contribution in [3.05, 3.63) is 83.9 Å². The Morgan fingerprint density at radius 3 is 2.15 bits per heavy atom. The number of aliphatic carboxylic acids is 1. The Hall–Kier alpha value is -3.40. The topological polar surface area (TPSA) is 113 Å². The smallest absolute Gasteiger partial charge is 0.313 e. The van der Waals surface area contributed by atoms with E-state index in [9.17, 15) is 18.3 Å². The highest BCUT2D eigenvalue weighted by molar-refractivity contribution is 8.00. The van der Waals surface area contributed by atoms with Crippen LogP contribution < -0.4 is 9.46 Å². The third kappa shape index (κ3) is 5.39. The Kier molecular flexibility index (Phi) is 6.87. The second kappa shape index (κ2) is 9.84. The number of phenolic OH excluding ortho intramolecular Hbond substituents is 1. The number of fused-ring (bicyclic) bond motifs is 1. The van der Waals surface area contributed by atoms with Crippen molar-refractivity contribution in [2.45, 2.75) is 9.79 Å². The van der Waals surface area contributed by atoms with Crippen LogP contribution in [0.25, 0.3) is 10.8 Å². The van der Waals surface area contributed by atoms with E-state index in [1.165, 1.54) is 30.3 Å². The van der Waals surface area contributed by atoms with Gasteiger partial charge in [-0.3, -0.25) is 9.52 Å². The Balaban J connectivity index is 1.62. The van der Waals surface area contributed by atoms with Gasteiger partial charge in [-0.1, -0.05) is 35.9 Å². The first-order valence-corrected chi connectivity index (χ1v) is 12.7. The highest BCUT2D eigenvalue weighted by atomic mass is 35.5. The standard InChI is InChI=1S/C24H18ClNO6S2/c25-15-5-7-16(8-6-15)32-17-9-11-18(12-10-17)34(30,31)26-21-13-22(33-14-23(27)28)24(29)20-4-2-1-3-19(20)21/h1-13,26,29H,14H2,(H,27,28). The number of hydrogen-bond acceptors (Lipinski definition) is 6. The summed E-state index contributed by atoms with van der Waals surface area (Å²) in [4.78, 5) is 11.2. The molecule has 0 amide bonds. The maximum absolute atomic E-state index is 13.1. The lowest BCUT2D eigenvalue weighted by atomic mass is 10.1. The Morgan fingerprint density at radius 2 is 1.53 bits per heavy atom. The first-order chi connectivity index (χ1) is 16.2. The minimum atomic E-state index is -3.99. The fourth-order valence-electron chi connectivity index (χ4n) is 3.20. The molecule has 0 saturated carbocycles. The first-order valence-electron chi connectivity index (χ1n) is 9.88. The molecular weight excluding hydrogens is 498 g/mol. The molecule has 0 spiro atoms. The van der Waals surface area contributed by atoms with Gasteiger partial charge in [0.25, 0.3) is 10.0 Å². The number of halogens is 1. The summed E-state index contributed by atoms with van der Waals surface area (Å²) < 4.78 is 34.4. The van der Waals surface area contributed by atoms with Crippen LogP contribution in [0.1, 0.15) is 0 Å². The van der Waals surface area contributed by atoms with Gasteiger partial charge in [0.15, 0.2) is 0 Å². The van der Waals surface area contributed by atoms with Gasteiger partial charge in [0.05, 0.1) is 21.2 Å². The third-order valence-electron chi connectivity index (χ3n) is 4.76. The zero-order chi connectivity index (χ0) is 24.3. The largest absolute Gasteiger partial charge is 0.506 e. The molecule has 0 aromatic heterocycles. The molecule has 0 aliphatic carbocycles. The quantitative estimate of drug-likeness (QED) is 0.196. The van der Waals surface area contributed by atoms with Crippen LogP contribution in [0.2, 0.25) is 5.02 Å². The summed E-state index contributed by atoms with van der Waals surface area (Å²) in [7, 11) is -3.99. The molecule has 0 atom stereocenters. The lowest BCUT2D eigenvalue weighted by molar-refractivity contribution is -0.133. The monoisotopic (exact) mass is 515 g/mol. The zero-order valence-corrected chi connectivity index (χ0v) is 19.8. The van der Waals surface area contributed by atoms with Gasteiger partial charge in [-0.05, 0) is 54.6 Å². The van der Waals surface area contributed by atoms with E-state index in [0.717, 1.165) is 11.8 Å². The normalized spacial score (nSPS) is 11.3. The number of carboxylic acids is 1. The van der Waals surface area contributed by atoms with Crippen molar-refractivity contribution in [3.8, 4) is 17.2 Å². The SMILES string of the molecule is O=C(O)CSc1cc(NS(=O)(=O)c2ccc(Oc3ccc(Cl)cc3)cc2)c2ccccc2c1O. The van der Waals surface area contributed by atoms with E-state index < -0.39 is 16.0 Å². The molecule has 0 saturated heterocycles. The van der Waals surface area contributed by atoms with Gasteiger partial charge in [0, 0.05) is 15.8 Å². The molecule has 0 fully saturated rings. The van der Waals surface area contributed by atoms with Gasteiger partial charge >= 0.3 is 5.97 Å². The number of carboxylic acid groups (broad SMARTS) is 1. The van der Waals surface area contributed by atoms with Crippen molar-refractivity contribution in [3.63, 3.8) is 0 Å². The van der Waals surface area contributed by atoms with E-state index >= 15 is 0 Å². The van der Waals surface area contributed by atoms with Gasteiger partial charge in [-0.15, -0.1) is 11.8 Å². The van der Waals surface area contributed by atoms with Gasteiger partial charge in [-0.25, -0.2) is 8.42 Å². The zero-order valence-electron chi connectivity index (χ0n) is 17.4. The van der Waals surface area contributed by atoms with Crippen molar-refractivity contribution in [1.82, 2.24) is 0 Å². The summed E-state index contributed by atoms with van der Waals surface area (Å²) in [5.74, 6) is -0.439. The number of phenols is 1. The Morgan fingerprint density at radius 1 is 0.941 bits per heavy atom. The molecule has 0 bridgehead atoms. The second-order valence-electron chi connectivity index (χ2n) is 7.13. The molecule has 34 heavy (non-hydrogen) atoms. The molecule has 0 aliphatic rings. The minimum absolute atomic E-state index is 0.00727. The van der Waals surface area contributed by atoms with Crippen LogP contribution in [0.5, 0.6) is 17.2 Å². The lowest BCUT2D eigenvalue weighted by Gasteiger charge is -2.15. The number of carbonyl (C=O) groups is 1. The van der Waals surface area contributed by atoms with E-state index in [0.29, 0.717) is 27.3 Å². The number of rotatable bonds is 8. The van der Waals surface area contributed by atoms with E-state index in [1.807, 2.05) is 0 Å². The summed E-state index contributed by atoms with van der Waals surface area (Å²) in [6, 6.07) is 20.8. The summed E-state index contributed by atoms with van der Waals surface area (Å²) in [5, 5.41) is 21.0. The minimum Gasteiger partial charge on any atom is -0.506 e. The molecule has 4 aromatic carbocycles. The number of sulfonamides is 1. The fraction of sp³-hybridized carbons (Fsp3) is 0.0417. The van der Waals surface area contributed by atoms with E-state index in [2.05, 4.69) is 4.72 Å². The molecule has 174 valence electrons. The summed E-state index contributed by atoms with van der Waals surface area (Å²) in [5.41, 5.74) is 0.225. The molecule has 3 N–H and O–H groups in total. The summed E-state index contributed by atoms with van der Waals surface area (Å²) in [6.07, 6.45) is 0. The molecule has 0 aliphatic heterocycles. The average molecular weight is 516 g/mol. The van der Waals surface area contributed by atoms with E-state index in [-0.39, 0.29) is 27.0 Å². The number of aromatic hydroxyl groups is 1. The number of ether oxygens (including phenoxy) is 1. The second-order valence-corrected chi connectivity index (χ2v) is 10.3. The Bertz CT molecular complexity index is 1460. The molecule has 10 heteroatoms. The van der Waals surface area contributed by atoms with Crippen LogP contribution >= 0.6 is 23.4 Å². The lowest BCUT2D eigenvalue weighted by Crippen LogP contribution is -2.13. The molecule has 4 aromatic rings. The van der Waals surface area contributed by atoms with Crippen molar-refractivity contribution in [2.75, 3.05) is 10.5 Å². The number of thioether (sulfide) groups is 1. The highest BCUT2D eigenvalue weighted by Crippen LogP contribution is 2.40. The number of hydrogen-bond donors (Lipinski definition) is 3. The van der Waals surface area contributed by atoms with Crippen LogP contribution in [0.4, 0.5) is 5.69 Å². The van der Waals surface area contributed by atoms with Crippen LogP contribution in [0.3, 0.4) is 0 Å².